The summed E-state index contributed by atoms with van der Waals surface area (Å²) in [4.78, 5) is 27.1. The Labute approximate surface area is 229 Å². The van der Waals surface area contributed by atoms with E-state index in [1.54, 1.807) is 18.2 Å². The van der Waals surface area contributed by atoms with Gasteiger partial charge in [0.1, 0.15) is 0 Å². The molecule has 188 valence electrons. The third kappa shape index (κ3) is 5.91. The summed E-state index contributed by atoms with van der Waals surface area (Å²) in [7, 11) is 0. The SMILES string of the molecule is CC1=C(C(=O)Nc2ccccc2C)C(c2cccs2)C(C#N)=C(SCC(=O)Nc2cccc(Cl)c2C)N1. The molecule has 2 aromatic carbocycles. The molecule has 1 aliphatic rings. The molecule has 4 rings (SSSR count). The zero-order chi connectivity index (χ0) is 26.5. The second-order valence-corrected chi connectivity index (χ2v) is 10.9. The zero-order valence-electron chi connectivity index (χ0n) is 20.5. The lowest BCUT2D eigenvalue weighted by Gasteiger charge is -2.29. The molecule has 0 saturated carbocycles. The number of rotatable bonds is 7. The van der Waals surface area contributed by atoms with Gasteiger partial charge in [0.05, 0.1) is 28.3 Å². The van der Waals surface area contributed by atoms with Gasteiger partial charge in [-0.25, -0.2) is 0 Å². The molecule has 3 aromatic rings. The van der Waals surface area contributed by atoms with Gasteiger partial charge in [0.2, 0.25) is 5.91 Å². The average Bonchev–Trinajstić information content (AvgIpc) is 3.41. The quantitative estimate of drug-likeness (QED) is 0.304. The van der Waals surface area contributed by atoms with Gasteiger partial charge in [-0.2, -0.15) is 5.26 Å². The van der Waals surface area contributed by atoms with Crippen LogP contribution in [0.5, 0.6) is 0 Å². The summed E-state index contributed by atoms with van der Waals surface area (Å²) in [5.41, 5.74) is 4.61. The van der Waals surface area contributed by atoms with Crippen LogP contribution < -0.4 is 16.0 Å². The van der Waals surface area contributed by atoms with E-state index in [0.717, 1.165) is 16.0 Å². The Bertz CT molecular complexity index is 1460. The Hall–Kier alpha value is -3.51. The molecule has 3 N–H and O–H groups in total. The van der Waals surface area contributed by atoms with Crippen LogP contribution in [0, 0.1) is 25.2 Å². The van der Waals surface area contributed by atoms with Crippen molar-refractivity contribution in [1.29, 1.82) is 5.26 Å². The molecular weight excluding hydrogens is 524 g/mol. The van der Waals surface area contributed by atoms with Gasteiger partial charge < -0.3 is 16.0 Å². The Balaban J connectivity index is 1.59. The molecule has 0 saturated heterocycles. The topological polar surface area (TPSA) is 94.0 Å². The van der Waals surface area contributed by atoms with E-state index in [9.17, 15) is 14.9 Å². The first-order chi connectivity index (χ1) is 17.8. The molecule has 0 spiro atoms. The average molecular weight is 549 g/mol. The zero-order valence-corrected chi connectivity index (χ0v) is 22.9. The van der Waals surface area contributed by atoms with Gasteiger partial charge in [-0.1, -0.05) is 53.7 Å². The number of nitrogens with one attached hydrogen (secondary N) is 3. The Kier molecular flexibility index (Phi) is 8.39. The van der Waals surface area contributed by atoms with Crippen LogP contribution in [0.2, 0.25) is 5.02 Å². The van der Waals surface area contributed by atoms with E-state index in [1.165, 1.54) is 23.1 Å². The standard InChI is InChI=1S/C28H25ClN4O2S2/c1-16-8-4-5-10-21(16)33-27(35)25-18(3)31-28(19(14-30)26(25)23-12-7-13-36-23)37-15-24(34)32-22-11-6-9-20(29)17(22)2/h4-13,26,31H,15H2,1-3H3,(H,32,34)(H,33,35). The number of anilines is 2. The van der Waals surface area contributed by atoms with Crippen LogP contribution in [0.1, 0.15) is 28.8 Å². The Morgan fingerprint density at radius 3 is 2.51 bits per heavy atom. The van der Waals surface area contributed by atoms with Crippen molar-refractivity contribution in [2.75, 3.05) is 16.4 Å². The van der Waals surface area contributed by atoms with Crippen molar-refractivity contribution in [3.05, 3.63) is 103 Å². The lowest BCUT2D eigenvalue weighted by molar-refractivity contribution is -0.114. The van der Waals surface area contributed by atoms with E-state index in [2.05, 4.69) is 22.0 Å². The summed E-state index contributed by atoms with van der Waals surface area (Å²) < 4.78 is 0. The number of aryl methyl sites for hydroxylation is 1. The number of dihydropyridines is 1. The van der Waals surface area contributed by atoms with Crippen molar-refractivity contribution < 1.29 is 9.59 Å². The lowest BCUT2D eigenvalue weighted by Crippen LogP contribution is -2.31. The molecule has 0 fully saturated rings. The Morgan fingerprint density at radius 2 is 1.81 bits per heavy atom. The highest BCUT2D eigenvalue weighted by Crippen LogP contribution is 2.42. The minimum absolute atomic E-state index is 0.0780. The summed E-state index contributed by atoms with van der Waals surface area (Å²) in [6, 6.07) is 19.0. The number of nitriles is 1. The molecule has 2 amide bonds. The van der Waals surface area contributed by atoms with Crippen molar-refractivity contribution in [3.63, 3.8) is 0 Å². The van der Waals surface area contributed by atoms with Gasteiger partial charge in [0.25, 0.3) is 5.91 Å². The first-order valence-corrected chi connectivity index (χ1v) is 13.7. The van der Waals surface area contributed by atoms with Crippen LogP contribution in [0.3, 0.4) is 0 Å². The number of thiophene rings is 1. The monoisotopic (exact) mass is 548 g/mol. The summed E-state index contributed by atoms with van der Waals surface area (Å²) >= 11 is 8.88. The Morgan fingerprint density at radius 1 is 1.05 bits per heavy atom. The minimum atomic E-state index is -0.545. The van der Waals surface area contributed by atoms with Crippen LogP contribution in [-0.2, 0) is 9.59 Å². The number of thioether (sulfide) groups is 1. The van der Waals surface area contributed by atoms with Gasteiger partial charge in [-0.3, -0.25) is 9.59 Å². The number of carbonyl (C=O) groups excluding carboxylic acids is 2. The fourth-order valence-corrected chi connectivity index (χ4v) is 5.95. The number of benzene rings is 2. The molecule has 37 heavy (non-hydrogen) atoms. The van der Waals surface area contributed by atoms with E-state index in [-0.39, 0.29) is 17.6 Å². The first-order valence-electron chi connectivity index (χ1n) is 11.5. The highest BCUT2D eigenvalue weighted by molar-refractivity contribution is 8.03. The molecule has 1 unspecified atom stereocenters. The first kappa shape index (κ1) is 26.6. The number of carbonyl (C=O) groups is 2. The molecule has 6 nitrogen and oxygen atoms in total. The maximum atomic E-state index is 13.5. The van der Waals surface area contributed by atoms with Crippen molar-refractivity contribution in [3.8, 4) is 6.07 Å². The molecule has 2 heterocycles. The van der Waals surface area contributed by atoms with Crippen LogP contribution in [-0.4, -0.2) is 17.6 Å². The van der Waals surface area contributed by atoms with Gasteiger partial charge in [0.15, 0.2) is 0 Å². The van der Waals surface area contributed by atoms with Gasteiger partial charge >= 0.3 is 0 Å². The van der Waals surface area contributed by atoms with E-state index < -0.39 is 5.92 Å². The highest BCUT2D eigenvalue weighted by atomic mass is 35.5. The van der Waals surface area contributed by atoms with Crippen molar-refractivity contribution in [1.82, 2.24) is 5.32 Å². The van der Waals surface area contributed by atoms with Crippen LogP contribution in [0.4, 0.5) is 11.4 Å². The predicted molar refractivity (Wildman–Crippen MR) is 153 cm³/mol. The fraction of sp³-hybridized carbons (Fsp3) is 0.179. The molecule has 0 bridgehead atoms. The fourth-order valence-electron chi connectivity index (χ4n) is 4.04. The lowest BCUT2D eigenvalue weighted by atomic mass is 9.86. The van der Waals surface area contributed by atoms with Crippen LogP contribution >= 0.6 is 34.7 Å². The second-order valence-electron chi connectivity index (χ2n) is 8.49. The maximum absolute atomic E-state index is 13.5. The number of amides is 2. The molecule has 0 aliphatic carbocycles. The summed E-state index contributed by atoms with van der Waals surface area (Å²) in [5.74, 6) is -0.965. The van der Waals surface area contributed by atoms with Gasteiger partial charge in [-0.15, -0.1) is 11.3 Å². The van der Waals surface area contributed by atoms with Crippen molar-refractivity contribution in [2.45, 2.75) is 26.7 Å². The highest BCUT2D eigenvalue weighted by Gasteiger charge is 2.35. The van der Waals surface area contributed by atoms with E-state index in [4.69, 9.17) is 11.6 Å². The van der Waals surface area contributed by atoms with Gasteiger partial charge in [0, 0.05) is 32.5 Å². The number of hydrogen-bond acceptors (Lipinski definition) is 6. The van der Waals surface area contributed by atoms with Gasteiger partial charge in [-0.05, 0) is 61.5 Å². The predicted octanol–water partition coefficient (Wildman–Crippen LogP) is 6.72. The summed E-state index contributed by atoms with van der Waals surface area (Å²) in [5, 5.41) is 22.4. The molecule has 1 aliphatic heterocycles. The molecule has 9 heteroatoms. The van der Waals surface area contributed by atoms with E-state index in [1.807, 2.05) is 62.5 Å². The number of allylic oxidation sites excluding steroid dienone is 2. The maximum Gasteiger partial charge on any atom is 0.254 e. The van der Waals surface area contributed by atoms with Crippen LogP contribution in [0.15, 0.2) is 81.8 Å². The van der Waals surface area contributed by atoms with Crippen molar-refractivity contribution in [2.24, 2.45) is 0 Å². The second kappa shape index (κ2) is 11.7. The summed E-state index contributed by atoms with van der Waals surface area (Å²) in [6.07, 6.45) is 0. The number of nitrogens with zero attached hydrogens (tertiary/aromatic N) is 1. The number of para-hydroxylation sites is 1. The summed E-state index contributed by atoms with van der Waals surface area (Å²) in [6.45, 7) is 5.59. The normalized spacial score (nSPS) is 15.2. The molecule has 1 atom stereocenters. The van der Waals surface area contributed by atoms with Crippen LogP contribution in [0.25, 0.3) is 0 Å². The van der Waals surface area contributed by atoms with E-state index in [0.29, 0.717) is 38.3 Å². The molecular formula is C28H25ClN4O2S2. The smallest absolute Gasteiger partial charge is 0.254 e. The molecule has 1 aromatic heterocycles. The van der Waals surface area contributed by atoms with E-state index >= 15 is 0 Å². The molecule has 0 radical (unpaired) electrons. The minimum Gasteiger partial charge on any atom is -0.353 e. The third-order valence-electron chi connectivity index (χ3n) is 6.00. The van der Waals surface area contributed by atoms with Crippen molar-refractivity contribution >= 4 is 57.9 Å². The largest absolute Gasteiger partial charge is 0.353 e. The third-order valence-corrected chi connectivity index (χ3v) is 8.37. The number of hydrogen-bond donors (Lipinski definition) is 3. The number of halogens is 1.